The van der Waals surface area contributed by atoms with Crippen molar-refractivity contribution in [2.45, 2.75) is 26.7 Å². The molecule has 0 aliphatic carbocycles. The lowest BCUT2D eigenvalue weighted by atomic mass is 9.99. The largest absolute Gasteiger partial charge is 0.462 e. The van der Waals surface area contributed by atoms with Crippen LogP contribution in [0.15, 0.2) is 42.6 Å². The van der Waals surface area contributed by atoms with Gasteiger partial charge in [-0.3, -0.25) is 4.79 Å². The van der Waals surface area contributed by atoms with E-state index in [2.05, 4.69) is 17.2 Å². The fourth-order valence-corrected chi connectivity index (χ4v) is 3.11. The number of nitrogens with one attached hydrogen (secondary N) is 1. The molecule has 0 bridgehead atoms. The van der Waals surface area contributed by atoms with Crippen molar-refractivity contribution in [2.75, 3.05) is 25.0 Å². The summed E-state index contributed by atoms with van der Waals surface area (Å²) in [6.07, 6.45) is 3.67. The van der Waals surface area contributed by atoms with E-state index >= 15 is 0 Å². The molecular formula is C21H25N3O3. The van der Waals surface area contributed by atoms with Gasteiger partial charge in [0.1, 0.15) is 5.82 Å². The minimum atomic E-state index is -0.383. The van der Waals surface area contributed by atoms with Gasteiger partial charge in [0, 0.05) is 19.3 Å². The topological polar surface area (TPSA) is 71.5 Å². The first-order valence-corrected chi connectivity index (χ1v) is 9.37. The van der Waals surface area contributed by atoms with Gasteiger partial charge in [0.15, 0.2) is 0 Å². The van der Waals surface area contributed by atoms with Gasteiger partial charge in [-0.1, -0.05) is 19.1 Å². The van der Waals surface area contributed by atoms with Crippen molar-refractivity contribution in [3.05, 3.63) is 53.7 Å². The number of rotatable bonds is 5. The number of ether oxygens (including phenoxy) is 1. The van der Waals surface area contributed by atoms with Crippen LogP contribution in [0.5, 0.6) is 0 Å². The van der Waals surface area contributed by atoms with E-state index in [9.17, 15) is 9.59 Å². The van der Waals surface area contributed by atoms with Gasteiger partial charge in [-0.25, -0.2) is 9.78 Å². The maximum absolute atomic E-state index is 12.6. The van der Waals surface area contributed by atoms with E-state index in [0.29, 0.717) is 35.2 Å². The van der Waals surface area contributed by atoms with Gasteiger partial charge in [-0.2, -0.15) is 0 Å². The van der Waals surface area contributed by atoms with Crippen LogP contribution in [0.4, 0.5) is 11.5 Å². The maximum Gasteiger partial charge on any atom is 0.340 e. The molecule has 0 unspecified atom stereocenters. The molecule has 1 aromatic carbocycles. The summed E-state index contributed by atoms with van der Waals surface area (Å²) in [5.41, 5.74) is 1.64. The third-order valence-electron chi connectivity index (χ3n) is 4.77. The molecule has 1 amide bonds. The Morgan fingerprint density at radius 2 is 1.93 bits per heavy atom. The number of carbonyl (C=O) groups is 2. The Morgan fingerprint density at radius 1 is 1.19 bits per heavy atom. The van der Waals surface area contributed by atoms with Crippen LogP contribution in [0.3, 0.4) is 0 Å². The Labute approximate surface area is 159 Å². The number of aromatic nitrogens is 1. The number of hydrogen-bond donors (Lipinski definition) is 1. The molecule has 1 fully saturated rings. The van der Waals surface area contributed by atoms with Gasteiger partial charge in [-0.15, -0.1) is 0 Å². The quantitative estimate of drug-likeness (QED) is 0.812. The summed E-state index contributed by atoms with van der Waals surface area (Å²) in [5.74, 6) is 0.883. The summed E-state index contributed by atoms with van der Waals surface area (Å²) in [6.45, 7) is 5.91. The van der Waals surface area contributed by atoms with E-state index in [4.69, 9.17) is 4.74 Å². The highest BCUT2D eigenvalue weighted by Gasteiger charge is 2.21. The van der Waals surface area contributed by atoms with Gasteiger partial charge < -0.3 is 15.0 Å². The molecule has 6 heteroatoms. The lowest BCUT2D eigenvalue weighted by molar-refractivity contribution is 0.0527. The predicted molar refractivity (Wildman–Crippen MR) is 104 cm³/mol. The summed E-state index contributed by atoms with van der Waals surface area (Å²) in [7, 11) is 0. The van der Waals surface area contributed by atoms with E-state index < -0.39 is 0 Å². The minimum Gasteiger partial charge on any atom is -0.462 e. The van der Waals surface area contributed by atoms with Gasteiger partial charge >= 0.3 is 5.97 Å². The number of para-hydroxylation sites is 1. The van der Waals surface area contributed by atoms with Crippen molar-refractivity contribution in [3.8, 4) is 0 Å². The molecule has 1 aliphatic heterocycles. The fraction of sp³-hybridized carbons (Fsp3) is 0.381. The molecule has 2 heterocycles. The molecule has 27 heavy (non-hydrogen) atoms. The second-order valence-corrected chi connectivity index (χ2v) is 6.80. The zero-order valence-electron chi connectivity index (χ0n) is 15.8. The Balaban J connectivity index is 1.70. The van der Waals surface area contributed by atoms with E-state index in [1.165, 1.54) is 0 Å². The van der Waals surface area contributed by atoms with E-state index in [1.54, 1.807) is 43.5 Å². The first-order valence-electron chi connectivity index (χ1n) is 9.37. The van der Waals surface area contributed by atoms with E-state index in [-0.39, 0.29) is 11.9 Å². The third-order valence-corrected chi connectivity index (χ3v) is 4.77. The Kier molecular flexibility index (Phi) is 6.06. The smallest absolute Gasteiger partial charge is 0.340 e. The number of likely N-dealkylation sites (tertiary alicyclic amines) is 1. The number of hydrogen-bond acceptors (Lipinski definition) is 5. The van der Waals surface area contributed by atoms with Crippen LogP contribution in [0.25, 0.3) is 0 Å². The third kappa shape index (κ3) is 4.64. The highest BCUT2D eigenvalue weighted by atomic mass is 16.5. The van der Waals surface area contributed by atoms with Crippen molar-refractivity contribution >= 4 is 23.4 Å². The number of piperidine rings is 1. The Morgan fingerprint density at radius 3 is 2.59 bits per heavy atom. The molecule has 0 atom stereocenters. The standard InChI is InChI=1S/C21H25N3O3/c1-3-27-21(26)17-6-4-5-7-18(17)23-19-9-8-16(14-22-19)20(25)24-12-10-15(2)11-13-24/h4-9,14-15H,3,10-13H2,1-2H3,(H,22,23). The van der Waals surface area contributed by atoms with Crippen LogP contribution in [-0.4, -0.2) is 41.5 Å². The first kappa shape index (κ1) is 18.9. The molecule has 0 saturated carbocycles. The lowest BCUT2D eigenvalue weighted by Gasteiger charge is -2.30. The number of benzene rings is 1. The van der Waals surface area contributed by atoms with Crippen LogP contribution < -0.4 is 5.32 Å². The predicted octanol–water partition coefficient (Wildman–Crippen LogP) is 3.87. The normalized spacial score (nSPS) is 14.7. The van der Waals surface area contributed by atoms with Crippen molar-refractivity contribution < 1.29 is 14.3 Å². The van der Waals surface area contributed by atoms with Gasteiger partial charge in [0.2, 0.25) is 0 Å². The summed E-state index contributed by atoms with van der Waals surface area (Å²) in [4.78, 5) is 30.9. The number of nitrogens with zero attached hydrogens (tertiary/aromatic N) is 2. The summed E-state index contributed by atoms with van der Waals surface area (Å²) in [5, 5.41) is 3.13. The van der Waals surface area contributed by atoms with Crippen molar-refractivity contribution in [3.63, 3.8) is 0 Å². The minimum absolute atomic E-state index is 0.0212. The average Bonchev–Trinajstić information content (AvgIpc) is 2.69. The lowest BCUT2D eigenvalue weighted by Crippen LogP contribution is -2.37. The molecule has 1 aromatic heterocycles. The first-order chi connectivity index (χ1) is 13.1. The van der Waals surface area contributed by atoms with Gasteiger partial charge in [-0.05, 0) is 49.9 Å². The summed E-state index contributed by atoms with van der Waals surface area (Å²) < 4.78 is 5.08. The fourth-order valence-electron chi connectivity index (χ4n) is 3.11. The van der Waals surface area contributed by atoms with E-state index in [1.807, 2.05) is 11.0 Å². The second-order valence-electron chi connectivity index (χ2n) is 6.80. The summed E-state index contributed by atoms with van der Waals surface area (Å²) in [6, 6.07) is 10.6. The van der Waals surface area contributed by atoms with Crippen LogP contribution in [0.1, 0.15) is 47.4 Å². The Bertz CT molecular complexity index is 797. The maximum atomic E-state index is 12.6. The van der Waals surface area contributed by atoms with Gasteiger partial charge in [0.05, 0.1) is 23.4 Å². The highest BCUT2D eigenvalue weighted by Crippen LogP contribution is 2.22. The zero-order valence-corrected chi connectivity index (χ0v) is 15.8. The molecule has 1 saturated heterocycles. The van der Waals surface area contributed by atoms with E-state index in [0.717, 1.165) is 25.9 Å². The molecule has 1 N–H and O–H groups in total. The molecule has 0 radical (unpaired) electrons. The molecule has 1 aliphatic rings. The molecule has 3 rings (SSSR count). The van der Waals surface area contributed by atoms with Crippen molar-refractivity contribution in [2.24, 2.45) is 5.92 Å². The van der Waals surface area contributed by atoms with Crippen LogP contribution in [-0.2, 0) is 4.74 Å². The number of anilines is 2. The summed E-state index contributed by atoms with van der Waals surface area (Å²) >= 11 is 0. The number of pyridine rings is 1. The average molecular weight is 367 g/mol. The molecular weight excluding hydrogens is 342 g/mol. The number of amides is 1. The Hall–Kier alpha value is -2.89. The SMILES string of the molecule is CCOC(=O)c1ccccc1Nc1ccc(C(=O)N2CCC(C)CC2)cn1. The van der Waals surface area contributed by atoms with Crippen molar-refractivity contribution in [1.82, 2.24) is 9.88 Å². The number of esters is 1. The molecule has 0 spiro atoms. The van der Waals surface area contributed by atoms with Crippen LogP contribution >= 0.6 is 0 Å². The number of carbonyl (C=O) groups excluding carboxylic acids is 2. The molecule has 2 aromatic rings. The van der Waals surface area contributed by atoms with Crippen LogP contribution in [0, 0.1) is 5.92 Å². The zero-order chi connectivity index (χ0) is 19.2. The molecule has 142 valence electrons. The second kappa shape index (κ2) is 8.66. The monoisotopic (exact) mass is 367 g/mol. The van der Waals surface area contributed by atoms with Gasteiger partial charge in [0.25, 0.3) is 5.91 Å². The molecule has 6 nitrogen and oxygen atoms in total. The highest BCUT2D eigenvalue weighted by molar-refractivity contribution is 5.96. The van der Waals surface area contributed by atoms with Crippen molar-refractivity contribution in [1.29, 1.82) is 0 Å². The van der Waals surface area contributed by atoms with Crippen LogP contribution in [0.2, 0.25) is 0 Å².